The van der Waals surface area contributed by atoms with Gasteiger partial charge in [0, 0.05) is 16.8 Å². The molecule has 0 radical (unpaired) electrons. The van der Waals surface area contributed by atoms with Gasteiger partial charge < -0.3 is 5.11 Å². The fraction of sp³-hybridized carbons (Fsp3) is 0.294. The summed E-state index contributed by atoms with van der Waals surface area (Å²) in [7, 11) is 0. The molecule has 0 spiro atoms. The molecule has 0 aliphatic carbocycles. The SMILES string of the molecule is OC(Cn1cnnn1)(c1ccc(Cl)cc1F)C(F)(F)c1ccc(CC(F)(F)F)cn1. The molecule has 0 fully saturated rings. The number of tetrazole rings is 1. The van der Waals surface area contributed by atoms with Crippen molar-refractivity contribution < 1.29 is 31.4 Å². The number of aromatic nitrogens is 5. The fourth-order valence-electron chi connectivity index (χ4n) is 2.82. The van der Waals surface area contributed by atoms with Crippen LogP contribution in [0.1, 0.15) is 16.8 Å². The summed E-state index contributed by atoms with van der Waals surface area (Å²) < 4.78 is 83.5. The molecule has 0 aliphatic rings. The predicted molar refractivity (Wildman–Crippen MR) is 91.0 cm³/mol. The zero-order valence-corrected chi connectivity index (χ0v) is 15.5. The first-order chi connectivity index (χ1) is 13.9. The monoisotopic (exact) mass is 451 g/mol. The molecule has 3 rings (SSSR count). The van der Waals surface area contributed by atoms with Gasteiger partial charge in [0.2, 0.25) is 0 Å². The Morgan fingerprint density at radius 2 is 1.80 bits per heavy atom. The summed E-state index contributed by atoms with van der Waals surface area (Å²) in [5.74, 6) is -5.49. The molecule has 0 aliphatic heterocycles. The molecular formula is C17H12ClF6N5O. The topological polar surface area (TPSA) is 76.7 Å². The van der Waals surface area contributed by atoms with Crippen LogP contribution >= 0.6 is 11.6 Å². The number of alkyl halides is 5. The highest BCUT2D eigenvalue weighted by molar-refractivity contribution is 6.30. The van der Waals surface area contributed by atoms with E-state index in [9.17, 15) is 22.7 Å². The third-order valence-electron chi connectivity index (χ3n) is 4.23. The van der Waals surface area contributed by atoms with Crippen LogP contribution in [0.2, 0.25) is 5.02 Å². The van der Waals surface area contributed by atoms with Gasteiger partial charge in [-0.3, -0.25) is 4.98 Å². The molecule has 13 heteroatoms. The lowest BCUT2D eigenvalue weighted by atomic mass is 9.84. The first-order valence-electron chi connectivity index (χ1n) is 8.21. The third-order valence-corrected chi connectivity index (χ3v) is 4.46. The van der Waals surface area contributed by atoms with E-state index in [-0.39, 0.29) is 10.6 Å². The molecule has 1 aromatic carbocycles. The second kappa shape index (κ2) is 7.84. The van der Waals surface area contributed by atoms with Gasteiger partial charge in [0.15, 0.2) is 5.60 Å². The Hall–Kier alpha value is -2.73. The highest BCUT2D eigenvalue weighted by atomic mass is 35.5. The van der Waals surface area contributed by atoms with E-state index in [4.69, 9.17) is 11.6 Å². The quantitative estimate of drug-likeness (QED) is 0.579. The van der Waals surface area contributed by atoms with Crippen LogP contribution in [0.5, 0.6) is 0 Å². The lowest BCUT2D eigenvalue weighted by Crippen LogP contribution is -2.48. The first-order valence-corrected chi connectivity index (χ1v) is 8.59. The van der Waals surface area contributed by atoms with Gasteiger partial charge >= 0.3 is 12.1 Å². The number of halogens is 7. The molecule has 3 aromatic rings. The first kappa shape index (κ1) is 22.0. The average Bonchev–Trinajstić information content (AvgIpc) is 3.13. The molecule has 1 atom stereocenters. The molecule has 0 amide bonds. The van der Waals surface area contributed by atoms with Crippen molar-refractivity contribution in [2.24, 2.45) is 0 Å². The van der Waals surface area contributed by atoms with Crippen molar-refractivity contribution >= 4 is 11.6 Å². The number of aliphatic hydroxyl groups is 1. The van der Waals surface area contributed by atoms with E-state index in [0.29, 0.717) is 12.3 Å². The predicted octanol–water partition coefficient (Wildman–Crippen LogP) is 3.65. The number of nitrogens with zero attached hydrogens (tertiary/aromatic N) is 5. The highest BCUT2D eigenvalue weighted by Gasteiger charge is 2.58. The summed E-state index contributed by atoms with van der Waals surface area (Å²) in [6, 6.07) is 4.14. The van der Waals surface area contributed by atoms with Crippen LogP contribution in [0, 0.1) is 5.82 Å². The van der Waals surface area contributed by atoms with Crippen molar-refractivity contribution in [2.75, 3.05) is 0 Å². The van der Waals surface area contributed by atoms with Crippen molar-refractivity contribution in [1.82, 2.24) is 25.2 Å². The van der Waals surface area contributed by atoms with Crippen molar-refractivity contribution in [1.29, 1.82) is 0 Å². The zero-order chi connectivity index (χ0) is 22.2. The molecule has 1 unspecified atom stereocenters. The number of rotatable bonds is 6. The van der Waals surface area contributed by atoms with Gasteiger partial charge in [-0.25, -0.2) is 9.07 Å². The average molecular weight is 452 g/mol. The lowest BCUT2D eigenvalue weighted by Gasteiger charge is -2.35. The van der Waals surface area contributed by atoms with Gasteiger partial charge in [-0.15, -0.1) is 5.10 Å². The summed E-state index contributed by atoms with van der Waals surface area (Å²) >= 11 is 5.66. The van der Waals surface area contributed by atoms with E-state index in [0.717, 1.165) is 35.3 Å². The summed E-state index contributed by atoms with van der Waals surface area (Å²) in [5, 5.41) is 20.9. The summed E-state index contributed by atoms with van der Waals surface area (Å²) in [4.78, 5) is 3.38. The molecule has 0 bridgehead atoms. The van der Waals surface area contributed by atoms with Crippen LogP contribution in [0.3, 0.4) is 0 Å². The van der Waals surface area contributed by atoms with Gasteiger partial charge in [-0.1, -0.05) is 23.7 Å². The standard InChI is InChI=1S/C17H12ClF6N5O/c18-11-2-3-12(13(19)5-11)15(30,8-29-9-26-27-28-29)17(23,24)14-4-1-10(7-25-14)6-16(20,21)22/h1-5,7,9,30H,6,8H2. The Labute approximate surface area is 170 Å². The second-order valence-corrected chi connectivity index (χ2v) is 6.85. The number of hydrogen-bond donors (Lipinski definition) is 1. The number of pyridine rings is 1. The van der Waals surface area contributed by atoms with Crippen molar-refractivity contribution in [3.8, 4) is 0 Å². The number of benzene rings is 1. The van der Waals surface area contributed by atoms with E-state index in [1.807, 2.05) is 0 Å². The summed E-state index contributed by atoms with van der Waals surface area (Å²) in [5.41, 5.74) is -5.51. The van der Waals surface area contributed by atoms with Crippen molar-refractivity contribution in [3.63, 3.8) is 0 Å². The molecule has 2 heterocycles. The van der Waals surface area contributed by atoms with Crippen molar-refractivity contribution in [3.05, 3.63) is 70.5 Å². The van der Waals surface area contributed by atoms with E-state index >= 15 is 8.78 Å². The van der Waals surface area contributed by atoms with E-state index < -0.39 is 47.7 Å². The highest BCUT2D eigenvalue weighted by Crippen LogP contribution is 2.46. The minimum atomic E-state index is -4.56. The number of hydrogen-bond acceptors (Lipinski definition) is 5. The summed E-state index contributed by atoms with van der Waals surface area (Å²) in [6.07, 6.45) is -4.38. The van der Waals surface area contributed by atoms with Crippen LogP contribution in [-0.4, -0.2) is 36.5 Å². The van der Waals surface area contributed by atoms with Crippen LogP contribution < -0.4 is 0 Å². The fourth-order valence-corrected chi connectivity index (χ4v) is 2.98. The van der Waals surface area contributed by atoms with Gasteiger partial charge in [0.25, 0.3) is 0 Å². The largest absolute Gasteiger partial charge is 0.393 e. The minimum absolute atomic E-state index is 0.0982. The Morgan fingerprint density at radius 1 is 1.07 bits per heavy atom. The minimum Gasteiger partial charge on any atom is -0.377 e. The third kappa shape index (κ3) is 4.38. The Morgan fingerprint density at radius 3 is 2.33 bits per heavy atom. The van der Waals surface area contributed by atoms with Crippen LogP contribution in [0.4, 0.5) is 26.3 Å². The van der Waals surface area contributed by atoms with Gasteiger partial charge in [0.05, 0.1) is 13.0 Å². The molecule has 160 valence electrons. The molecule has 30 heavy (non-hydrogen) atoms. The smallest absolute Gasteiger partial charge is 0.377 e. The molecule has 6 nitrogen and oxygen atoms in total. The normalized spacial score (nSPS) is 14.5. The Kier molecular flexibility index (Phi) is 5.74. The molecule has 1 N–H and O–H groups in total. The Bertz CT molecular complexity index is 1010. The molecule has 0 saturated carbocycles. The van der Waals surface area contributed by atoms with Crippen molar-refractivity contribution in [2.45, 2.75) is 30.7 Å². The van der Waals surface area contributed by atoms with Gasteiger partial charge in [-0.2, -0.15) is 22.0 Å². The molecule has 0 saturated heterocycles. The zero-order valence-electron chi connectivity index (χ0n) is 14.8. The lowest BCUT2D eigenvalue weighted by molar-refractivity contribution is -0.207. The van der Waals surface area contributed by atoms with Crippen LogP contribution in [0.25, 0.3) is 0 Å². The Balaban J connectivity index is 2.07. The van der Waals surface area contributed by atoms with E-state index in [1.165, 1.54) is 0 Å². The van der Waals surface area contributed by atoms with E-state index in [1.54, 1.807) is 0 Å². The van der Waals surface area contributed by atoms with E-state index in [2.05, 4.69) is 20.5 Å². The maximum atomic E-state index is 15.4. The van der Waals surface area contributed by atoms with Crippen LogP contribution in [0.15, 0.2) is 42.9 Å². The molecule has 2 aromatic heterocycles. The molecular weight excluding hydrogens is 440 g/mol. The maximum Gasteiger partial charge on any atom is 0.393 e. The maximum absolute atomic E-state index is 15.4. The van der Waals surface area contributed by atoms with Gasteiger partial charge in [0.1, 0.15) is 17.8 Å². The second-order valence-electron chi connectivity index (χ2n) is 6.41. The van der Waals surface area contributed by atoms with Gasteiger partial charge in [-0.05, 0) is 34.2 Å². The van der Waals surface area contributed by atoms with Crippen LogP contribution in [-0.2, 0) is 24.5 Å². The summed E-state index contributed by atoms with van der Waals surface area (Å²) in [6.45, 7) is -0.989.